The normalized spacial score (nSPS) is 11.8. The van der Waals surface area contributed by atoms with E-state index in [2.05, 4.69) is 31.2 Å². The van der Waals surface area contributed by atoms with E-state index < -0.39 is 6.04 Å². The van der Waals surface area contributed by atoms with E-state index in [9.17, 15) is 9.59 Å². The fraction of sp³-hybridized carbons (Fsp3) is 0.229. The largest absolute Gasteiger partial charge is 0.332 e. The van der Waals surface area contributed by atoms with Gasteiger partial charge in [0.25, 0.3) is 5.56 Å². The maximum Gasteiger partial charge on any atom is 0.266 e. The first-order chi connectivity index (χ1) is 19.6. The molecule has 0 aliphatic rings. The summed E-state index contributed by atoms with van der Waals surface area (Å²) in [6, 6.07) is 35.3. The lowest BCUT2D eigenvalue weighted by atomic mass is 10.1. The molecule has 1 aromatic heterocycles. The van der Waals surface area contributed by atoms with Gasteiger partial charge in [0.2, 0.25) is 5.91 Å². The van der Waals surface area contributed by atoms with Crippen LogP contribution in [0.4, 0.5) is 0 Å². The molecule has 0 bridgehead atoms. The van der Waals surface area contributed by atoms with Gasteiger partial charge in [-0.25, -0.2) is 4.98 Å². The van der Waals surface area contributed by atoms with Crippen molar-refractivity contribution in [3.05, 3.63) is 142 Å². The number of benzene rings is 4. The maximum absolute atomic E-state index is 14.0. The number of rotatable bonds is 10. The van der Waals surface area contributed by atoms with E-state index in [1.807, 2.05) is 96.8 Å². The molecule has 0 N–H and O–H groups in total. The van der Waals surface area contributed by atoms with Crippen LogP contribution in [-0.4, -0.2) is 26.9 Å². The van der Waals surface area contributed by atoms with Gasteiger partial charge in [0, 0.05) is 13.0 Å². The van der Waals surface area contributed by atoms with E-state index in [-0.39, 0.29) is 11.5 Å². The summed E-state index contributed by atoms with van der Waals surface area (Å²) in [4.78, 5) is 34.8. The van der Waals surface area contributed by atoms with Crippen LogP contribution in [0.3, 0.4) is 0 Å². The molecule has 0 aliphatic carbocycles. The fourth-order valence-electron chi connectivity index (χ4n) is 5.30. The van der Waals surface area contributed by atoms with Crippen molar-refractivity contribution in [3.8, 4) is 5.69 Å². The molecule has 202 valence electrons. The zero-order valence-electron chi connectivity index (χ0n) is 23.2. The van der Waals surface area contributed by atoms with Gasteiger partial charge < -0.3 is 4.90 Å². The average molecular weight is 530 g/mol. The molecule has 0 spiro atoms. The number of aromatic nitrogens is 2. The second-order valence-corrected chi connectivity index (χ2v) is 10.1. The number of amides is 1. The van der Waals surface area contributed by atoms with Crippen LogP contribution in [0, 0.1) is 0 Å². The van der Waals surface area contributed by atoms with Crippen molar-refractivity contribution in [2.75, 3.05) is 6.54 Å². The Bertz CT molecular complexity index is 1640. The van der Waals surface area contributed by atoms with Crippen molar-refractivity contribution < 1.29 is 4.79 Å². The number of carbonyl (C=O) groups excluding carboxylic acids is 1. The lowest BCUT2D eigenvalue weighted by Gasteiger charge is -2.31. The highest BCUT2D eigenvalue weighted by Gasteiger charge is 2.27. The Morgan fingerprint density at radius 3 is 2.10 bits per heavy atom. The first-order valence-electron chi connectivity index (χ1n) is 14.0. The molecule has 5 rings (SSSR count). The zero-order valence-corrected chi connectivity index (χ0v) is 23.2. The Labute approximate surface area is 235 Å². The quantitative estimate of drug-likeness (QED) is 0.202. The third kappa shape index (κ3) is 5.89. The van der Waals surface area contributed by atoms with Crippen LogP contribution >= 0.6 is 0 Å². The molecular formula is C35H35N3O2. The van der Waals surface area contributed by atoms with Crippen molar-refractivity contribution in [2.45, 2.75) is 45.6 Å². The molecular weight excluding hydrogens is 494 g/mol. The van der Waals surface area contributed by atoms with E-state index >= 15 is 0 Å². The van der Waals surface area contributed by atoms with Crippen molar-refractivity contribution in [1.29, 1.82) is 0 Å². The van der Waals surface area contributed by atoms with Crippen LogP contribution in [0.1, 0.15) is 48.8 Å². The molecule has 5 aromatic rings. The van der Waals surface area contributed by atoms with Gasteiger partial charge in [0.05, 0.1) is 22.6 Å². The summed E-state index contributed by atoms with van der Waals surface area (Å²) >= 11 is 0. The molecule has 4 aromatic carbocycles. The van der Waals surface area contributed by atoms with Crippen LogP contribution in [0.15, 0.2) is 114 Å². The molecule has 1 heterocycles. The number of aryl methyl sites for hydroxylation is 2. The van der Waals surface area contributed by atoms with Gasteiger partial charge in [-0.2, -0.15) is 0 Å². The predicted molar refractivity (Wildman–Crippen MR) is 162 cm³/mol. The molecule has 0 saturated carbocycles. The molecule has 0 saturated heterocycles. The monoisotopic (exact) mass is 529 g/mol. The Hall–Kier alpha value is -4.51. The molecule has 1 amide bonds. The van der Waals surface area contributed by atoms with Crippen molar-refractivity contribution in [3.63, 3.8) is 0 Å². The van der Waals surface area contributed by atoms with Gasteiger partial charge >= 0.3 is 0 Å². The average Bonchev–Trinajstić information content (AvgIpc) is 3.01. The molecule has 5 heteroatoms. The molecule has 0 radical (unpaired) electrons. The number of para-hydroxylation sites is 2. The van der Waals surface area contributed by atoms with E-state index in [0.717, 1.165) is 28.8 Å². The van der Waals surface area contributed by atoms with Gasteiger partial charge in [0.1, 0.15) is 5.82 Å². The van der Waals surface area contributed by atoms with Gasteiger partial charge in [-0.1, -0.05) is 97.9 Å². The third-order valence-corrected chi connectivity index (χ3v) is 7.53. The molecule has 0 fully saturated rings. The number of hydrogen-bond donors (Lipinski definition) is 0. The summed E-state index contributed by atoms with van der Waals surface area (Å²) in [6.07, 6.45) is 2.53. The third-order valence-electron chi connectivity index (χ3n) is 7.53. The molecule has 1 atom stereocenters. The van der Waals surface area contributed by atoms with E-state index in [4.69, 9.17) is 4.98 Å². The lowest BCUT2D eigenvalue weighted by molar-refractivity contribution is -0.133. The first-order valence-corrected chi connectivity index (χ1v) is 14.0. The SMILES string of the molecule is CCc1ccccc1-n1c(C(C)N(CCc2ccccc2)C(=O)CCc2ccccc2)nc2ccccc2c1=O. The fourth-order valence-corrected chi connectivity index (χ4v) is 5.30. The maximum atomic E-state index is 14.0. The Balaban J connectivity index is 1.58. The highest BCUT2D eigenvalue weighted by molar-refractivity contribution is 5.79. The van der Waals surface area contributed by atoms with E-state index in [0.29, 0.717) is 42.5 Å². The highest BCUT2D eigenvalue weighted by Crippen LogP contribution is 2.26. The minimum atomic E-state index is -0.422. The predicted octanol–water partition coefficient (Wildman–Crippen LogP) is 6.71. The van der Waals surface area contributed by atoms with Gasteiger partial charge in [-0.05, 0) is 61.1 Å². The van der Waals surface area contributed by atoms with Gasteiger partial charge in [0.15, 0.2) is 0 Å². The summed E-state index contributed by atoms with van der Waals surface area (Å²) in [5, 5.41) is 0.565. The Kier molecular flexibility index (Phi) is 8.50. The van der Waals surface area contributed by atoms with Gasteiger partial charge in [-0.15, -0.1) is 0 Å². The van der Waals surface area contributed by atoms with Crippen LogP contribution in [0.5, 0.6) is 0 Å². The first kappa shape index (κ1) is 27.1. The van der Waals surface area contributed by atoms with Crippen LogP contribution in [-0.2, 0) is 24.1 Å². The number of nitrogens with zero attached hydrogens (tertiary/aromatic N) is 3. The smallest absolute Gasteiger partial charge is 0.266 e. The van der Waals surface area contributed by atoms with Crippen molar-refractivity contribution >= 4 is 16.8 Å². The number of fused-ring (bicyclic) bond motifs is 1. The van der Waals surface area contributed by atoms with Crippen LogP contribution in [0.2, 0.25) is 0 Å². The molecule has 1 unspecified atom stereocenters. The van der Waals surface area contributed by atoms with Crippen LogP contribution in [0.25, 0.3) is 16.6 Å². The number of carbonyl (C=O) groups is 1. The van der Waals surface area contributed by atoms with Crippen molar-refractivity contribution in [1.82, 2.24) is 14.5 Å². The van der Waals surface area contributed by atoms with E-state index in [1.54, 1.807) is 4.57 Å². The summed E-state index contributed by atoms with van der Waals surface area (Å²) < 4.78 is 1.73. The van der Waals surface area contributed by atoms with E-state index in [1.165, 1.54) is 0 Å². The summed E-state index contributed by atoms with van der Waals surface area (Å²) in [5.74, 6) is 0.621. The van der Waals surface area contributed by atoms with Gasteiger partial charge in [-0.3, -0.25) is 14.2 Å². The molecule has 5 nitrogen and oxygen atoms in total. The number of hydrogen-bond acceptors (Lipinski definition) is 3. The minimum absolute atomic E-state index is 0.0463. The molecule has 0 aliphatic heterocycles. The Morgan fingerprint density at radius 1 is 0.800 bits per heavy atom. The second-order valence-electron chi connectivity index (χ2n) is 10.1. The van der Waals surface area contributed by atoms with Crippen LogP contribution < -0.4 is 5.56 Å². The summed E-state index contributed by atoms with van der Waals surface area (Å²) in [6.45, 7) is 4.60. The topological polar surface area (TPSA) is 55.2 Å². The summed E-state index contributed by atoms with van der Waals surface area (Å²) in [5.41, 5.74) is 4.68. The zero-order chi connectivity index (χ0) is 27.9. The Morgan fingerprint density at radius 2 is 1.40 bits per heavy atom. The van der Waals surface area contributed by atoms with Crippen molar-refractivity contribution in [2.24, 2.45) is 0 Å². The molecule has 40 heavy (non-hydrogen) atoms. The standard InChI is InChI=1S/C35H35N3O2/c1-3-29-18-10-13-21-32(29)38-34(36-31-20-12-11-19-30(31)35(38)40)26(2)37(25-24-28-16-8-5-9-17-28)33(39)23-22-27-14-6-4-7-15-27/h4-21,26H,3,22-25H2,1-2H3. The lowest BCUT2D eigenvalue weighted by Crippen LogP contribution is -2.39. The second kappa shape index (κ2) is 12.6. The minimum Gasteiger partial charge on any atom is -0.332 e. The summed E-state index contributed by atoms with van der Waals surface area (Å²) in [7, 11) is 0. The highest BCUT2D eigenvalue weighted by atomic mass is 16.2.